The molecule has 5 atom stereocenters. The van der Waals surface area contributed by atoms with Crippen LogP contribution >= 0.6 is 0 Å². The van der Waals surface area contributed by atoms with Crippen molar-refractivity contribution in [1.29, 1.82) is 0 Å². The van der Waals surface area contributed by atoms with Gasteiger partial charge in [0.2, 0.25) is 16.3 Å². The Labute approximate surface area is 234 Å². The molecule has 212 valence electrons. The molecule has 1 aliphatic carbocycles. The maximum atomic E-state index is 10.1. The van der Waals surface area contributed by atoms with Crippen LogP contribution in [0.1, 0.15) is 121 Å². The summed E-state index contributed by atoms with van der Waals surface area (Å²) in [5.74, 6) is 4.29. The van der Waals surface area contributed by atoms with Gasteiger partial charge >= 0.3 is 0 Å². The summed E-state index contributed by atoms with van der Waals surface area (Å²) in [4.78, 5) is 20.2. The van der Waals surface area contributed by atoms with Gasteiger partial charge in [-0.15, -0.1) is 5.79 Å². The van der Waals surface area contributed by atoms with Crippen LogP contribution in [0.2, 0.25) is 5.79 Å². The number of allylic oxidation sites excluding steroid dienone is 4. The largest absolute Gasteiger partial charge is 0.392 e. The summed E-state index contributed by atoms with van der Waals surface area (Å²) in [7, 11) is 0. The Morgan fingerprint density at radius 3 is 1.56 bits per heavy atom. The monoisotopic (exact) mass is 522 g/mol. The SMILES string of the molecule is C.C=C(C)C1CCC(C)CC1O.CC(C)=CCCC(C)CC=O.CC(C)=CCCC(C)CC=O.[CH3][AlH2]. The van der Waals surface area contributed by atoms with E-state index in [-0.39, 0.29) is 13.5 Å². The third-order valence-electron chi connectivity index (χ3n) is 6.13. The number of aliphatic hydroxyl groups is 1. The molecule has 36 heavy (non-hydrogen) atoms. The van der Waals surface area contributed by atoms with Gasteiger partial charge in [0, 0.05) is 18.8 Å². The molecule has 0 aromatic rings. The van der Waals surface area contributed by atoms with E-state index in [1.54, 1.807) is 0 Å². The van der Waals surface area contributed by atoms with Gasteiger partial charge in [-0.25, -0.2) is 0 Å². The average molecular weight is 523 g/mol. The van der Waals surface area contributed by atoms with Crippen LogP contribution in [0.25, 0.3) is 0 Å². The number of aldehydes is 2. The summed E-state index contributed by atoms with van der Waals surface area (Å²) >= 11 is 1.31. The molecule has 0 saturated heterocycles. The maximum absolute atomic E-state index is 10.1. The van der Waals surface area contributed by atoms with Crippen molar-refractivity contribution in [2.75, 3.05) is 0 Å². The lowest BCUT2D eigenvalue weighted by atomic mass is 9.78. The molecule has 1 rings (SSSR count). The fraction of sp³-hybridized carbons (Fsp3) is 0.750. The maximum Gasteiger partial charge on any atom is 0.207 e. The molecule has 0 bridgehead atoms. The highest BCUT2D eigenvalue weighted by Crippen LogP contribution is 2.32. The molecule has 1 fully saturated rings. The molecule has 1 aliphatic rings. The van der Waals surface area contributed by atoms with Crippen LogP contribution in [-0.4, -0.2) is 40.1 Å². The lowest BCUT2D eigenvalue weighted by Crippen LogP contribution is -2.28. The van der Waals surface area contributed by atoms with E-state index in [1.807, 2.05) is 6.92 Å². The third-order valence-corrected chi connectivity index (χ3v) is 6.13. The summed E-state index contributed by atoms with van der Waals surface area (Å²) in [6, 6.07) is 0. The minimum absolute atomic E-state index is 0. The molecular weight excluding hydrogens is 459 g/mol. The van der Waals surface area contributed by atoms with Crippen molar-refractivity contribution in [3.8, 4) is 0 Å². The zero-order valence-electron chi connectivity index (χ0n) is 25.0. The first kappa shape index (κ1) is 42.2. The highest BCUT2D eigenvalue weighted by molar-refractivity contribution is 6.05. The van der Waals surface area contributed by atoms with Crippen molar-refractivity contribution in [3.63, 3.8) is 0 Å². The Hall–Kier alpha value is -0.948. The van der Waals surface area contributed by atoms with Crippen LogP contribution in [0.4, 0.5) is 0 Å². The number of rotatable bonds is 11. The molecule has 1 N–H and O–H groups in total. The molecule has 0 radical (unpaired) electrons. The number of carbonyl (C=O) groups excluding carboxylic acids is 2. The van der Waals surface area contributed by atoms with E-state index in [2.05, 4.69) is 73.0 Å². The van der Waals surface area contributed by atoms with Crippen molar-refractivity contribution < 1.29 is 14.7 Å². The molecule has 4 heteroatoms. The fourth-order valence-electron chi connectivity index (χ4n) is 3.80. The summed E-state index contributed by atoms with van der Waals surface area (Å²) in [5, 5.41) is 9.65. The summed E-state index contributed by atoms with van der Waals surface area (Å²) < 4.78 is 0. The Bertz CT molecular complexity index is 552. The molecule has 0 aromatic carbocycles. The molecule has 0 amide bonds. The van der Waals surface area contributed by atoms with Crippen molar-refractivity contribution >= 4 is 28.9 Å². The first-order valence-corrected chi connectivity index (χ1v) is 15.9. The van der Waals surface area contributed by atoms with E-state index >= 15 is 0 Å². The van der Waals surface area contributed by atoms with Crippen LogP contribution < -0.4 is 0 Å². The zero-order valence-corrected chi connectivity index (χ0v) is 27.0. The summed E-state index contributed by atoms with van der Waals surface area (Å²) in [5.41, 5.74) is 3.87. The average Bonchev–Trinajstić information content (AvgIpc) is 2.75. The molecule has 0 spiro atoms. The lowest BCUT2D eigenvalue weighted by Gasteiger charge is -2.31. The fourth-order valence-corrected chi connectivity index (χ4v) is 3.80. The Morgan fingerprint density at radius 1 is 0.889 bits per heavy atom. The topological polar surface area (TPSA) is 54.4 Å². The standard InChI is InChI=1S/3C10H18O.CH4.CH3.Al.2H/c1-7(2)9-5-4-8(3)6-10(9)11;2*1-9(2)5-4-6-10(3)7-8-11;;;;;/h8-11H,1,4-6H2,2-3H3;2*5,8,10H,4,6-7H2,1-3H3;1H4;1H3;;;. The van der Waals surface area contributed by atoms with E-state index in [1.165, 1.54) is 33.9 Å². The molecule has 0 heterocycles. The normalized spacial score (nSPS) is 19.4. The van der Waals surface area contributed by atoms with E-state index in [0.717, 1.165) is 56.7 Å². The van der Waals surface area contributed by atoms with Gasteiger partial charge < -0.3 is 14.7 Å². The second kappa shape index (κ2) is 28.6. The van der Waals surface area contributed by atoms with Gasteiger partial charge in [-0.05, 0) is 97.3 Å². The van der Waals surface area contributed by atoms with E-state index in [4.69, 9.17) is 0 Å². The van der Waals surface area contributed by atoms with Crippen LogP contribution in [0.3, 0.4) is 0 Å². The minimum Gasteiger partial charge on any atom is -0.392 e. The predicted molar refractivity (Wildman–Crippen MR) is 165 cm³/mol. The van der Waals surface area contributed by atoms with E-state index in [9.17, 15) is 14.7 Å². The van der Waals surface area contributed by atoms with Crippen LogP contribution in [0.5, 0.6) is 0 Å². The van der Waals surface area contributed by atoms with Gasteiger partial charge in [0.05, 0.1) is 6.10 Å². The van der Waals surface area contributed by atoms with Crippen LogP contribution in [0, 0.1) is 23.7 Å². The van der Waals surface area contributed by atoms with Crippen LogP contribution in [0.15, 0.2) is 35.5 Å². The Kier molecular flexibility index (Phi) is 33.5. The summed E-state index contributed by atoms with van der Waals surface area (Å²) in [6.07, 6.45) is 15.5. The minimum atomic E-state index is -0.128. The first-order valence-electron chi connectivity index (χ1n) is 13.9. The van der Waals surface area contributed by atoms with Crippen molar-refractivity contribution in [2.45, 2.75) is 132 Å². The van der Waals surface area contributed by atoms with E-state index in [0.29, 0.717) is 36.5 Å². The lowest BCUT2D eigenvalue weighted by molar-refractivity contribution is -0.109. The van der Waals surface area contributed by atoms with Crippen LogP contribution in [-0.2, 0) is 9.59 Å². The van der Waals surface area contributed by atoms with E-state index < -0.39 is 0 Å². The summed E-state index contributed by atoms with van der Waals surface area (Å²) in [6.45, 7) is 20.8. The van der Waals surface area contributed by atoms with Gasteiger partial charge in [0.15, 0.2) is 0 Å². The second-order valence-electron chi connectivity index (χ2n) is 10.7. The van der Waals surface area contributed by atoms with Gasteiger partial charge in [0.1, 0.15) is 12.6 Å². The molecule has 1 saturated carbocycles. The smallest absolute Gasteiger partial charge is 0.207 e. The number of aliphatic hydroxyl groups excluding tert-OH is 1. The second-order valence-corrected chi connectivity index (χ2v) is 10.7. The van der Waals surface area contributed by atoms with Gasteiger partial charge in [-0.2, -0.15) is 0 Å². The third kappa shape index (κ3) is 29.3. The highest BCUT2D eigenvalue weighted by atomic mass is 27.0. The quantitative estimate of drug-likeness (QED) is 0.168. The predicted octanol–water partition coefficient (Wildman–Crippen LogP) is 8.58. The number of hydrogen-bond donors (Lipinski definition) is 1. The van der Waals surface area contributed by atoms with Gasteiger partial charge in [0.25, 0.3) is 0 Å². The van der Waals surface area contributed by atoms with Crippen molar-refractivity contribution in [2.24, 2.45) is 23.7 Å². The molecule has 0 aliphatic heterocycles. The number of hydrogen-bond acceptors (Lipinski definition) is 3. The van der Waals surface area contributed by atoms with Crippen molar-refractivity contribution in [3.05, 3.63) is 35.5 Å². The van der Waals surface area contributed by atoms with Gasteiger partial charge in [-0.3, -0.25) is 0 Å². The first-order chi connectivity index (χ1) is 16.4. The molecule has 5 unspecified atom stereocenters. The van der Waals surface area contributed by atoms with Crippen molar-refractivity contribution in [1.82, 2.24) is 0 Å². The number of carbonyl (C=O) groups is 2. The molecule has 0 aromatic heterocycles. The zero-order chi connectivity index (χ0) is 27.8. The molecule has 3 nitrogen and oxygen atoms in total. The molecular formula is C32H63AlO3. The van der Waals surface area contributed by atoms with Gasteiger partial charge in [-0.1, -0.05) is 63.6 Å². The Balaban J connectivity index is -0.000000203. The Morgan fingerprint density at radius 2 is 1.28 bits per heavy atom. The highest BCUT2D eigenvalue weighted by Gasteiger charge is 2.26.